The molecule has 1 aliphatic carbocycles. The second-order valence-electron chi connectivity index (χ2n) is 5.48. The first kappa shape index (κ1) is 11.6. The maximum Gasteiger partial charge on any atom is 0.141 e. The van der Waals surface area contributed by atoms with Gasteiger partial charge in [-0.3, -0.25) is 0 Å². The summed E-state index contributed by atoms with van der Waals surface area (Å²) in [5.41, 5.74) is 1.47. The molecule has 100 valence electrons. The maximum absolute atomic E-state index is 9.87. The summed E-state index contributed by atoms with van der Waals surface area (Å²) >= 11 is 1.83. The summed E-state index contributed by atoms with van der Waals surface area (Å²) in [7, 11) is 0. The molecule has 0 aromatic carbocycles. The highest BCUT2D eigenvalue weighted by Crippen LogP contribution is 2.40. The molecule has 1 fully saturated rings. The van der Waals surface area contributed by atoms with Gasteiger partial charge in [0.25, 0.3) is 0 Å². The van der Waals surface area contributed by atoms with Gasteiger partial charge in [-0.15, -0.1) is 11.3 Å². The summed E-state index contributed by atoms with van der Waals surface area (Å²) in [6.45, 7) is 1.70. The highest BCUT2D eigenvalue weighted by atomic mass is 32.1. The van der Waals surface area contributed by atoms with E-state index in [0.29, 0.717) is 6.54 Å². The standard InChI is InChI=1S/C14H17N3OS/c18-9-3-2-6-17(7-9)13-12-10-4-1-5-11(10)19-14(12)16-8-15-13/h8-9,18H,1-7H2/t9-/m1/s1. The molecule has 0 spiro atoms. The van der Waals surface area contributed by atoms with Crippen LogP contribution in [-0.2, 0) is 12.8 Å². The van der Waals surface area contributed by atoms with Crippen molar-refractivity contribution in [3.8, 4) is 0 Å². The molecule has 1 saturated heterocycles. The van der Waals surface area contributed by atoms with Crippen LogP contribution in [0.3, 0.4) is 0 Å². The Labute approximate surface area is 116 Å². The zero-order valence-electron chi connectivity index (χ0n) is 10.8. The lowest BCUT2D eigenvalue weighted by molar-refractivity contribution is 0.154. The SMILES string of the molecule is O[C@@H]1CCCN(c2ncnc3sc4c(c23)CCC4)C1. The van der Waals surface area contributed by atoms with Crippen molar-refractivity contribution in [2.75, 3.05) is 18.0 Å². The fraction of sp³-hybridized carbons (Fsp3) is 0.571. The summed E-state index contributed by atoms with van der Waals surface area (Å²) in [6.07, 6.45) is 7.01. The van der Waals surface area contributed by atoms with E-state index >= 15 is 0 Å². The predicted octanol–water partition coefficient (Wildman–Crippen LogP) is 2.14. The average Bonchev–Trinajstić information content (AvgIpc) is 2.98. The summed E-state index contributed by atoms with van der Waals surface area (Å²) in [5, 5.41) is 11.1. The zero-order valence-corrected chi connectivity index (χ0v) is 11.6. The third-order valence-electron chi connectivity index (χ3n) is 4.18. The molecule has 1 atom stereocenters. The second kappa shape index (κ2) is 4.42. The summed E-state index contributed by atoms with van der Waals surface area (Å²) in [5.74, 6) is 1.04. The number of fused-ring (bicyclic) bond motifs is 3. The van der Waals surface area contributed by atoms with Crippen LogP contribution in [0.1, 0.15) is 29.7 Å². The molecule has 1 N–H and O–H groups in total. The van der Waals surface area contributed by atoms with Gasteiger partial charge in [0.15, 0.2) is 0 Å². The Morgan fingerprint density at radius 2 is 2.21 bits per heavy atom. The van der Waals surface area contributed by atoms with Crippen LogP contribution in [0, 0.1) is 0 Å². The first-order valence-electron chi connectivity index (χ1n) is 7.01. The second-order valence-corrected chi connectivity index (χ2v) is 6.56. The number of rotatable bonds is 1. The number of thiophene rings is 1. The molecule has 5 heteroatoms. The van der Waals surface area contributed by atoms with E-state index in [0.717, 1.165) is 36.5 Å². The molecule has 2 aliphatic rings. The number of anilines is 1. The van der Waals surface area contributed by atoms with Gasteiger partial charge in [0.2, 0.25) is 0 Å². The first-order chi connectivity index (χ1) is 9.33. The Bertz CT molecular complexity index is 624. The number of aryl methyl sites for hydroxylation is 2. The molecule has 19 heavy (non-hydrogen) atoms. The van der Waals surface area contributed by atoms with Crippen molar-refractivity contribution in [1.82, 2.24) is 9.97 Å². The molecule has 0 bridgehead atoms. The lowest BCUT2D eigenvalue weighted by Crippen LogP contribution is -2.38. The normalized spacial score (nSPS) is 23.0. The van der Waals surface area contributed by atoms with Crippen LogP contribution >= 0.6 is 11.3 Å². The Balaban J connectivity index is 1.85. The van der Waals surface area contributed by atoms with Gasteiger partial charge in [0.1, 0.15) is 17.0 Å². The zero-order chi connectivity index (χ0) is 12.8. The van der Waals surface area contributed by atoms with Crippen molar-refractivity contribution in [3.63, 3.8) is 0 Å². The molecule has 0 amide bonds. The van der Waals surface area contributed by atoms with E-state index in [1.54, 1.807) is 6.33 Å². The van der Waals surface area contributed by atoms with E-state index in [9.17, 15) is 5.11 Å². The predicted molar refractivity (Wildman–Crippen MR) is 76.9 cm³/mol. The largest absolute Gasteiger partial charge is 0.391 e. The molecular formula is C14H17N3OS. The van der Waals surface area contributed by atoms with Crippen LogP contribution in [0.25, 0.3) is 10.2 Å². The molecule has 1 aliphatic heterocycles. The molecule has 2 aromatic heterocycles. The van der Waals surface area contributed by atoms with Crippen LogP contribution in [-0.4, -0.2) is 34.3 Å². The fourth-order valence-electron chi connectivity index (χ4n) is 3.30. The van der Waals surface area contributed by atoms with Gasteiger partial charge in [0.05, 0.1) is 11.5 Å². The third-order valence-corrected chi connectivity index (χ3v) is 5.38. The van der Waals surface area contributed by atoms with Gasteiger partial charge in [-0.05, 0) is 37.7 Å². The van der Waals surface area contributed by atoms with E-state index in [1.807, 2.05) is 11.3 Å². The highest BCUT2D eigenvalue weighted by molar-refractivity contribution is 7.19. The lowest BCUT2D eigenvalue weighted by atomic mass is 10.1. The van der Waals surface area contributed by atoms with E-state index in [2.05, 4.69) is 14.9 Å². The van der Waals surface area contributed by atoms with E-state index in [1.165, 1.54) is 28.7 Å². The topological polar surface area (TPSA) is 49.2 Å². The maximum atomic E-state index is 9.87. The fourth-order valence-corrected chi connectivity index (χ4v) is 4.52. The Hall–Kier alpha value is -1.20. The van der Waals surface area contributed by atoms with Gasteiger partial charge in [-0.1, -0.05) is 0 Å². The molecule has 2 aromatic rings. The van der Waals surface area contributed by atoms with E-state index in [-0.39, 0.29) is 6.10 Å². The van der Waals surface area contributed by atoms with Crippen molar-refractivity contribution in [1.29, 1.82) is 0 Å². The summed E-state index contributed by atoms with van der Waals surface area (Å²) < 4.78 is 0. The van der Waals surface area contributed by atoms with E-state index < -0.39 is 0 Å². The number of hydrogen-bond donors (Lipinski definition) is 1. The molecule has 3 heterocycles. The number of aliphatic hydroxyl groups excluding tert-OH is 1. The molecule has 4 rings (SSSR count). The van der Waals surface area contributed by atoms with Gasteiger partial charge in [-0.2, -0.15) is 0 Å². The Morgan fingerprint density at radius 1 is 1.26 bits per heavy atom. The van der Waals surface area contributed by atoms with Gasteiger partial charge < -0.3 is 10.0 Å². The molecule has 4 nitrogen and oxygen atoms in total. The van der Waals surface area contributed by atoms with E-state index in [4.69, 9.17) is 0 Å². The van der Waals surface area contributed by atoms with Crippen molar-refractivity contribution >= 4 is 27.4 Å². The van der Waals surface area contributed by atoms with Crippen molar-refractivity contribution < 1.29 is 5.11 Å². The van der Waals surface area contributed by atoms with Crippen molar-refractivity contribution in [3.05, 3.63) is 16.8 Å². The van der Waals surface area contributed by atoms with Crippen LogP contribution in [0.15, 0.2) is 6.33 Å². The molecular weight excluding hydrogens is 258 g/mol. The van der Waals surface area contributed by atoms with Crippen LogP contribution < -0.4 is 4.90 Å². The van der Waals surface area contributed by atoms with Gasteiger partial charge in [0, 0.05) is 18.0 Å². The van der Waals surface area contributed by atoms with Gasteiger partial charge >= 0.3 is 0 Å². The minimum atomic E-state index is -0.217. The van der Waals surface area contributed by atoms with Crippen molar-refractivity contribution in [2.45, 2.75) is 38.2 Å². The minimum Gasteiger partial charge on any atom is -0.391 e. The highest BCUT2D eigenvalue weighted by Gasteiger charge is 2.25. The third kappa shape index (κ3) is 1.83. The number of aromatic nitrogens is 2. The number of hydrogen-bond acceptors (Lipinski definition) is 5. The number of nitrogens with zero attached hydrogens (tertiary/aromatic N) is 3. The quantitative estimate of drug-likeness (QED) is 0.866. The van der Waals surface area contributed by atoms with Crippen LogP contribution in [0.5, 0.6) is 0 Å². The molecule has 0 unspecified atom stereocenters. The van der Waals surface area contributed by atoms with Crippen molar-refractivity contribution in [2.24, 2.45) is 0 Å². The number of piperidine rings is 1. The Kier molecular flexibility index (Phi) is 2.70. The number of β-amino-alcohol motifs (C(OH)–C–C–N with tert-alkyl or cyclic N) is 1. The van der Waals surface area contributed by atoms with Gasteiger partial charge in [-0.25, -0.2) is 9.97 Å². The Morgan fingerprint density at radius 3 is 3.11 bits per heavy atom. The minimum absolute atomic E-state index is 0.217. The summed E-state index contributed by atoms with van der Waals surface area (Å²) in [6, 6.07) is 0. The van der Waals surface area contributed by atoms with Crippen LogP contribution in [0.4, 0.5) is 5.82 Å². The molecule has 0 saturated carbocycles. The smallest absolute Gasteiger partial charge is 0.141 e. The van der Waals surface area contributed by atoms with Crippen LogP contribution in [0.2, 0.25) is 0 Å². The molecule has 0 radical (unpaired) electrons. The average molecular weight is 275 g/mol. The lowest BCUT2D eigenvalue weighted by Gasteiger charge is -2.31. The monoisotopic (exact) mass is 275 g/mol. The first-order valence-corrected chi connectivity index (χ1v) is 7.83. The number of aliphatic hydroxyl groups is 1. The summed E-state index contributed by atoms with van der Waals surface area (Å²) in [4.78, 5) is 13.8.